The molecule has 0 atom stereocenters. The van der Waals surface area contributed by atoms with E-state index in [-0.39, 0.29) is 11.6 Å². The molecule has 0 aromatic heterocycles. The summed E-state index contributed by atoms with van der Waals surface area (Å²) in [5.41, 5.74) is 0.912. The fourth-order valence-corrected chi connectivity index (χ4v) is 1.55. The van der Waals surface area contributed by atoms with E-state index in [1.807, 2.05) is 6.07 Å². The van der Waals surface area contributed by atoms with Crippen molar-refractivity contribution in [2.45, 2.75) is 12.8 Å². The molecule has 0 saturated heterocycles. The van der Waals surface area contributed by atoms with Crippen molar-refractivity contribution in [3.63, 3.8) is 0 Å². The van der Waals surface area contributed by atoms with Gasteiger partial charge in [-0.2, -0.15) is 0 Å². The van der Waals surface area contributed by atoms with Gasteiger partial charge in [0.15, 0.2) is 11.6 Å². The minimum atomic E-state index is -0.553. The molecule has 19 heavy (non-hydrogen) atoms. The Morgan fingerprint density at radius 1 is 1.47 bits per heavy atom. The summed E-state index contributed by atoms with van der Waals surface area (Å²) in [5.74, 6) is -0.733. The van der Waals surface area contributed by atoms with Gasteiger partial charge in [-0.1, -0.05) is 12.1 Å². The van der Waals surface area contributed by atoms with Crippen molar-refractivity contribution in [3.05, 3.63) is 47.3 Å². The van der Waals surface area contributed by atoms with E-state index < -0.39 is 5.83 Å². The number of aryl methyl sites for hydroxylation is 1. The maximum Gasteiger partial charge on any atom is 0.183 e. The predicted octanol–water partition coefficient (Wildman–Crippen LogP) is 2.89. The Bertz CT molecular complexity index is 481. The zero-order valence-corrected chi connectivity index (χ0v) is 10.9. The number of allylic oxidation sites excluding steroid dienone is 1. The van der Waals surface area contributed by atoms with Gasteiger partial charge in [0.25, 0.3) is 0 Å². The molecule has 0 aliphatic rings. The van der Waals surface area contributed by atoms with Crippen LogP contribution in [-0.4, -0.2) is 26.5 Å². The first kappa shape index (κ1) is 15.0. The first-order valence-electron chi connectivity index (χ1n) is 5.96. The molecule has 0 bridgehead atoms. The normalized spacial score (nSPS) is 12.4. The average Bonchev–Trinajstić information content (AvgIpc) is 2.40. The second kappa shape index (κ2) is 8.13. The molecule has 1 aromatic rings. The molecule has 5 heteroatoms. The molecule has 0 aliphatic carbocycles. The van der Waals surface area contributed by atoms with Crippen LogP contribution in [0, 0.1) is 5.82 Å². The highest BCUT2D eigenvalue weighted by Gasteiger charge is 1.98. The fraction of sp³-hybridized carbons (Fsp3) is 0.286. The smallest absolute Gasteiger partial charge is 0.183 e. The number of hydrogen-bond acceptors (Lipinski definition) is 3. The quantitative estimate of drug-likeness (QED) is 0.597. The van der Waals surface area contributed by atoms with Crippen molar-refractivity contribution in [1.82, 2.24) is 5.32 Å². The lowest BCUT2D eigenvalue weighted by molar-refractivity contribution is 0.624. The van der Waals surface area contributed by atoms with Gasteiger partial charge in [0.2, 0.25) is 0 Å². The summed E-state index contributed by atoms with van der Waals surface area (Å²) in [7, 11) is 1.56. The number of hydrogen-bond donors (Lipinski definition) is 1. The van der Waals surface area contributed by atoms with Gasteiger partial charge in [0.1, 0.15) is 5.82 Å². The molecule has 0 amide bonds. The summed E-state index contributed by atoms with van der Waals surface area (Å²) in [6.07, 6.45) is 2.55. The summed E-state index contributed by atoms with van der Waals surface area (Å²) in [5, 5.41) is 2.57. The third kappa shape index (κ3) is 5.42. The van der Waals surface area contributed by atoms with Crippen molar-refractivity contribution < 1.29 is 8.78 Å². The van der Waals surface area contributed by atoms with E-state index >= 15 is 0 Å². The van der Waals surface area contributed by atoms with E-state index in [1.165, 1.54) is 12.1 Å². The Morgan fingerprint density at radius 2 is 2.26 bits per heavy atom. The van der Waals surface area contributed by atoms with E-state index in [4.69, 9.17) is 0 Å². The number of nitrogens with zero attached hydrogens (tertiary/aromatic N) is 2. The lowest BCUT2D eigenvalue weighted by Gasteiger charge is -2.00. The highest BCUT2D eigenvalue weighted by molar-refractivity contribution is 5.76. The number of halogens is 2. The number of nitrogens with one attached hydrogen (secondary N) is 1. The molecular weight excluding hydrogens is 248 g/mol. The predicted molar refractivity (Wildman–Crippen MR) is 74.8 cm³/mol. The Balaban J connectivity index is 2.39. The van der Waals surface area contributed by atoms with Crippen LogP contribution in [0.3, 0.4) is 0 Å². The zero-order valence-electron chi connectivity index (χ0n) is 10.9. The van der Waals surface area contributed by atoms with Gasteiger partial charge >= 0.3 is 0 Å². The van der Waals surface area contributed by atoms with Crippen molar-refractivity contribution in [3.8, 4) is 0 Å². The summed E-state index contributed by atoms with van der Waals surface area (Å²) >= 11 is 0. The largest absolute Gasteiger partial charge is 0.371 e. The van der Waals surface area contributed by atoms with Crippen LogP contribution in [0.4, 0.5) is 8.78 Å². The standard InChI is InChI=1S/C14H17F2N3/c1-17-14(18-2)13(16)10-19-8-4-6-11-5-3-7-12(15)9-11/h3,5,7,9-10,18H,1,4,6,8H2,2H3/b14-13-,19-10?. The molecule has 1 N–H and O–H groups in total. The average molecular weight is 265 g/mol. The summed E-state index contributed by atoms with van der Waals surface area (Å²) in [6, 6.07) is 6.42. The van der Waals surface area contributed by atoms with Crippen molar-refractivity contribution in [1.29, 1.82) is 0 Å². The lowest BCUT2D eigenvalue weighted by atomic mass is 10.1. The van der Waals surface area contributed by atoms with Gasteiger partial charge in [-0.05, 0) is 37.3 Å². The molecule has 102 valence electrons. The van der Waals surface area contributed by atoms with Gasteiger partial charge in [0.05, 0.1) is 6.21 Å². The maximum atomic E-state index is 13.4. The van der Waals surface area contributed by atoms with Crippen LogP contribution in [0.15, 0.2) is 45.9 Å². The first-order chi connectivity index (χ1) is 9.17. The van der Waals surface area contributed by atoms with Gasteiger partial charge in [-0.3, -0.25) is 4.99 Å². The molecule has 0 unspecified atom stereocenters. The highest BCUT2D eigenvalue weighted by atomic mass is 19.1. The van der Waals surface area contributed by atoms with Crippen molar-refractivity contribution >= 4 is 12.9 Å². The summed E-state index contributed by atoms with van der Waals surface area (Å²) in [6.45, 7) is 3.71. The zero-order chi connectivity index (χ0) is 14.1. The van der Waals surface area contributed by atoms with E-state index in [0.717, 1.165) is 18.2 Å². The minimum absolute atomic E-state index is 0.0638. The highest BCUT2D eigenvalue weighted by Crippen LogP contribution is 2.06. The van der Waals surface area contributed by atoms with Gasteiger partial charge in [-0.25, -0.2) is 13.8 Å². The molecule has 0 radical (unpaired) electrons. The Kier molecular flexibility index (Phi) is 6.43. The minimum Gasteiger partial charge on any atom is -0.371 e. The van der Waals surface area contributed by atoms with E-state index in [9.17, 15) is 8.78 Å². The molecule has 0 aliphatic heterocycles. The Hall–Kier alpha value is -2.04. The third-order valence-electron chi connectivity index (χ3n) is 2.47. The Labute approximate surface area is 111 Å². The molecule has 0 spiro atoms. The van der Waals surface area contributed by atoms with Crippen LogP contribution in [0.1, 0.15) is 12.0 Å². The number of benzene rings is 1. The van der Waals surface area contributed by atoms with Crippen LogP contribution in [-0.2, 0) is 6.42 Å². The van der Waals surface area contributed by atoms with E-state index in [1.54, 1.807) is 13.1 Å². The fourth-order valence-electron chi connectivity index (χ4n) is 1.55. The van der Waals surface area contributed by atoms with Crippen molar-refractivity contribution in [2.24, 2.45) is 9.98 Å². The molecular formula is C14H17F2N3. The topological polar surface area (TPSA) is 36.8 Å². The number of rotatable bonds is 7. The number of aliphatic imine (C=N–C) groups is 2. The second-order valence-electron chi connectivity index (χ2n) is 3.87. The van der Waals surface area contributed by atoms with Crippen molar-refractivity contribution in [2.75, 3.05) is 13.6 Å². The second-order valence-corrected chi connectivity index (χ2v) is 3.87. The molecule has 1 rings (SSSR count). The van der Waals surface area contributed by atoms with Crippen LogP contribution in [0.2, 0.25) is 0 Å². The molecule has 0 saturated carbocycles. The SMILES string of the molecule is C=N/C(NC)=C(/F)C=NCCCc1cccc(F)c1. The van der Waals surface area contributed by atoms with Crippen LogP contribution in [0.25, 0.3) is 0 Å². The monoisotopic (exact) mass is 265 g/mol. The van der Waals surface area contributed by atoms with Gasteiger partial charge < -0.3 is 5.32 Å². The summed E-state index contributed by atoms with van der Waals surface area (Å²) < 4.78 is 26.3. The van der Waals surface area contributed by atoms with Gasteiger partial charge in [-0.15, -0.1) is 0 Å². The van der Waals surface area contributed by atoms with E-state index in [2.05, 4.69) is 22.0 Å². The van der Waals surface area contributed by atoms with Crippen LogP contribution in [0.5, 0.6) is 0 Å². The maximum absolute atomic E-state index is 13.4. The molecule has 0 fully saturated rings. The van der Waals surface area contributed by atoms with Crippen LogP contribution < -0.4 is 5.32 Å². The molecule has 0 heterocycles. The van der Waals surface area contributed by atoms with Crippen LogP contribution >= 0.6 is 0 Å². The van der Waals surface area contributed by atoms with Gasteiger partial charge in [0, 0.05) is 13.6 Å². The molecule has 3 nitrogen and oxygen atoms in total. The Morgan fingerprint density at radius 3 is 2.89 bits per heavy atom. The summed E-state index contributed by atoms with van der Waals surface area (Å²) in [4.78, 5) is 7.42. The molecule has 1 aromatic carbocycles. The lowest BCUT2D eigenvalue weighted by Crippen LogP contribution is -2.05. The third-order valence-corrected chi connectivity index (χ3v) is 2.47. The van der Waals surface area contributed by atoms with E-state index in [0.29, 0.717) is 13.0 Å². The first-order valence-corrected chi connectivity index (χ1v) is 5.96.